The molecule has 1 amide bonds. The van der Waals surface area contributed by atoms with E-state index in [4.69, 9.17) is 0 Å². The molecule has 0 atom stereocenters. The second kappa shape index (κ2) is 6.84. The summed E-state index contributed by atoms with van der Waals surface area (Å²) in [5.74, 6) is -0.201. The number of aromatic amines is 1. The number of aromatic nitrogens is 2. The van der Waals surface area contributed by atoms with Crippen LogP contribution in [0.15, 0.2) is 72.8 Å². The summed E-state index contributed by atoms with van der Waals surface area (Å²) in [5.41, 5.74) is 4.21. The molecule has 3 aromatic carbocycles. The molecule has 0 aliphatic carbocycles. The average Bonchev–Trinajstić information content (AvgIpc) is 3.18. The highest BCUT2D eigenvalue weighted by atomic mass is 16.1. The summed E-state index contributed by atoms with van der Waals surface area (Å²) in [4.78, 5) is 12.5. The van der Waals surface area contributed by atoms with Crippen LogP contribution in [-0.4, -0.2) is 16.1 Å². The Kier molecular flexibility index (Phi) is 4.23. The van der Waals surface area contributed by atoms with Crippen LogP contribution in [0.25, 0.3) is 22.0 Å². The van der Waals surface area contributed by atoms with Crippen molar-refractivity contribution in [1.29, 1.82) is 0 Å². The summed E-state index contributed by atoms with van der Waals surface area (Å²) in [6.07, 6.45) is 0.975. The lowest BCUT2D eigenvalue weighted by Gasteiger charge is -2.04. The zero-order valence-corrected chi connectivity index (χ0v) is 14.5. The summed E-state index contributed by atoms with van der Waals surface area (Å²) in [7, 11) is 0. The molecule has 1 heterocycles. The first-order valence-corrected chi connectivity index (χ1v) is 8.68. The molecular formula is C22H19N3O. The van der Waals surface area contributed by atoms with Gasteiger partial charge in [-0.15, -0.1) is 0 Å². The van der Waals surface area contributed by atoms with Gasteiger partial charge in [0.1, 0.15) is 5.69 Å². The zero-order valence-electron chi connectivity index (χ0n) is 14.5. The predicted octanol–water partition coefficient (Wildman–Crippen LogP) is 5.04. The van der Waals surface area contributed by atoms with Crippen LogP contribution in [0.5, 0.6) is 0 Å². The number of hydrogen-bond acceptors (Lipinski definition) is 2. The number of carbonyl (C=O) groups excluding carboxylic acids is 1. The molecule has 0 fully saturated rings. The number of benzene rings is 3. The Morgan fingerprint density at radius 1 is 1.00 bits per heavy atom. The van der Waals surface area contributed by atoms with Gasteiger partial charge < -0.3 is 5.32 Å². The van der Waals surface area contributed by atoms with Gasteiger partial charge in [0.15, 0.2) is 0 Å². The number of fused-ring (bicyclic) bond motifs is 1. The van der Waals surface area contributed by atoms with Crippen molar-refractivity contribution in [3.8, 4) is 11.3 Å². The molecule has 4 rings (SSSR count). The molecule has 0 aliphatic rings. The predicted molar refractivity (Wildman–Crippen MR) is 105 cm³/mol. The maximum absolute atomic E-state index is 12.5. The molecule has 0 unspecified atom stereocenters. The van der Waals surface area contributed by atoms with Crippen LogP contribution in [-0.2, 0) is 6.42 Å². The van der Waals surface area contributed by atoms with E-state index in [1.165, 1.54) is 5.56 Å². The molecule has 0 saturated heterocycles. The summed E-state index contributed by atoms with van der Waals surface area (Å²) in [6.45, 7) is 2.10. The molecule has 4 aromatic rings. The second-order valence-corrected chi connectivity index (χ2v) is 6.20. The Morgan fingerprint density at radius 3 is 2.58 bits per heavy atom. The van der Waals surface area contributed by atoms with Crippen LogP contribution in [0.1, 0.15) is 23.0 Å². The molecule has 0 aliphatic heterocycles. The van der Waals surface area contributed by atoms with Crippen LogP contribution >= 0.6 is 0 Å². The Balaban J connectivity index is 1.59. The fraction of sp³-hybridized carbons (Fsp3) is 0.0909. The molecule has 26 heavy (non-hydrogen) atoms. The maximum atomic E-state index is 12.5. The minimum absolute atomic E-state index is 0.201. The summed E-state index contributed by atoms with van der Waals surface area (Å²) < 4.78 is 0. The molecule has 0 radical (unpaired) electrons. The Hall–Kier alpha value is -3.40. The van der Waals surface area contributed by atoms with Gasteiger partial charge >= 0.3 is 0 Å². The third-order valence-corrected chi connectivity index (χ3v) is 4.51. The van der Waals surface area contributed by atoms with Gasteiger partial charge in [0.05, 0.1) is 5.69 Å². The monoisotopic (exact) mass is 341 g/mol. The molecule has 4 heteroatoms. The first-order valence-electron chi connectivity index (χ1n) is 8.68. The SMILES string of the molecule is CCc1ccc(NC(=O)c2cc(-c3cccc4ccccc34)n[nH]2)cc1. The van der Waals surface area contributed by atoms with E-state index in [0.29, 0.717) is 5.69 Å². The minimum Gasteiger partial charge on any atom is -0.321 e. The lowest BCUT2D eigenvalue weighted by molar-refractivity contribution is 0.102. The number of nitrogens with one attached hydrogen (secondary N) is 2. The maximum Gasteiger partial charge on any atom is 0.273 e. The van der Waals surface area contributed by atoms with Gasteiger partial charge in [0, 0.05) is 11.3 Å². The number of aryl methyl sites for hydroxylation is 1. The number of H-pyrrole nitrogens is 1. The van der Waals surface area contributed by atoms with Gasteiger partial charge in [-0.1, -0.05) is 61.5 Å². The van der Waals surface area contributed by atoms with E-state index in [0.717, 1.165) is 34.1 Å². The van der Waals surface area contributed by atoms with Gasteiger partial charge in [-0.2, -0.15) is 5.10 Å². The molecule has 1 aromatic heterocycles. The smallest absolute Gasteiger partial charge is 0.273 e. The lowest BCUT2D eigenvalue weighted by Crippen LogP contribution is -2.12. The van der Waals surface area contributed by atoms with Gasteiger partial charge in [-0.25, -0.2) is 0 Å². The fourth-order valence-electron chi connectivity index (χ4n) is 3.05. The van der Waals surface area contributed by atoms with Crippen molar-refractivity contribution in [2.24, 2.45) is 0 Å². The Morgan fingerprint density at radius 2 is 1.77 bits per heavy atom. The Bertz CT molecular complexity index is 1060. The van der Waals surface area contributed by atoms with Crippen LogP contribution in [0.3, 0.4) is 0 Å². The van der Waals surface area contributed by atoms with Crippen molar-refractivity contribution >= 4 is 22.4 Å². The largest absolute Gasteiger partial charge is 0.321 e. The van der Waals surface area contributed by atoms with Gasteiger partial charge in [0.25, 0.3) is 5.91 Å². The van der Waals surface area contributed by atoms with E-state index in [-0.39, 0.29) is 5.91 Å². The fourth-order valence-corrected chi connectivity index (χ4v) is 3.05. The molecule has 128 valence electrons. The topological polar surface area (TPSA) is 57.8 Å². The van der Waals surface area contributed by atoms with E-state index in [1.54, 1.807) is 6.07 Å². The number of anilines is 1. The molecular weight excluding hydrogens is 322 g/mol. The number of amides is 1. The van der Waals surface area contributed by atoms with Crippen molar-refractivity contribution in [1.82, 2.24) is 10.2 Å². The standard InChI is InChI=1S/C22H19N3O/c1-2-15-10-12-17(13-11-15)23-22(26)21-14-20(24-25-21)19-9-5-7-16-6-3-4-8-18(16)19/h3-14H,2H2,1H3,(H,23,26)(H,24,25). The van der Waals surface area contributed by atoms with Crippen LogP contribution in [0, 0.1) is 0 Å². The first-order chi connectivity index (χ1) is 12.7. The zero-order chi connectivity index (χ0) is 17.9. The first kappa shape index (κ1) is 16.1. The number of nitrogens with zero attached hydrogens (tertiary/aromatic N) is 1. The number of carbonyl (C=O) groups is 1. The van der Waals surface area contributed by atoms with E-state index in [1.807, 2.05) is 48.5 Å². The highest BCUT2D eigenvalue weighted by molar-refractivity contribution is 6.04. The van der Waals surface area contributed by atoms with E-state index in [2.05, 4.69) is 40.6 Å². The third kappa shape index (κ3) is 3.09. The molecule has 2 N–H and O–H groups in total. The highest BCUT2D eigenvalue weighted by Crippen LogP contribution is 2.27. The molecule has 0 bridgehead atoms. The van der Waals surface area contributed by atoms with Crippen molar-refractivity contribution in [2.45, 2.75) is 13.3 Å². The normalized spacial score (nSPS) is 10.8. The molecule has 0 saturated carbocycles. The van der Waals surface area contributed by atoms with E-state index in [9.17, 15) is 4.79 Å². The number of hydrogen-bond donors (Lipinski definition) is 2. The summed E-state index contributed by atoms with van der Waals surface area (Å²) in [5, 5.41) is 12.4. The Labute approximate surface area is 151 Å². The second-order valence-electron chi connectivity index (χ2n) is 6.20. The van der Waals surface area contributed by atoms with Crippen LogP contribution in [0.2, 0.25) is 0 Å². The van der Waals surface area contributed by atoms with Crippen molar-refractivity contribution in [3.05, 3.63) is 84.1 Å². The summed E-state index contributed by atoms with van der Waals surface area (Å²) >= 11 is 0. The minimum atomic E-state index is -0.201. The summed E-state index contributed by atoms with van der Waals surface area (Å²) in [6, 6.07) is 23.9. The molecule has 4 nitrogen and oxygen atoms in total. The van der Waals surface area contributed by atoms with Gasteiger partial charge in [0.2, 0.25) is 0 Å². The van der Waals surface area contributed by atoms with Crippen molar-refractivity contribution in [2.75, 3.05) is 5.32 Å². The van der Waals surface area contributed by atoms with E-state index >= 15 is 0 Å². The van der Waals surface area contributed by atoms with Crippen LogP contribution in [0.4, 0.5) is 5.69 Å². The van der Waals surface area contributed by atoms with Gasteiger partial charge in [-0.05, 0) is 41.0 Å². The van der Waals surface area contributed by atoms with E-state index < -0.39 is 0 Å². The quantitative estimate of drug-likeness (QED) is 0.546. The van der Waals surface area contributed by atoms with Crippen molar-refractivity contribution in [3.63, 3.8) is 0 Å². The van der Waals surface area contributed by atoms with Crippen molar-refractivity contribution < 1.29 is 4.79 Å². The highest BCUT2D eigenvalue weighted by Gasteiger charge is 2.13. The van der Waals surface area contributed by atoms with Crippen LogP contribution < -0.4 is 5.32 Å². The average molecular weight is 341 g/mol. The van der Waals surface area contributed by atoms with Gasteiger partial charge in [-0.3, -0.25) is 9.89 Å². The third-order valence-electron chi connectivity index (χ3n) is 4.51. The number of rotatable bonds is 4. The molecule has 0 spiro atoms. The lowest BCUT2D eigenvalue weighted by atomic mass is 10.0.